The van der Waals surface area contributed by atoms with E-state index in [1.165, 1.54) is 7.11 Å². The summed E-state index contributed by atoms with van der Waals surface area (Å²) in [6, 6.07) is 7.29. The lowest BCUT2D eigenvalue weighted by Gasteiger charge is -2.04. The van der Waals surface area contributed by atoms with E-state index in [0.717, 1.165) is 5.56 Å². The highest BCUT2D eigenvalue weighted by molar-refractivity contribution is 6.04. The standard InChI is InChI=1S/C11H12N2O3/c1-15-11(14)10-6-9(13-16-10)7-3-2-4-8(12)5-7/h2-5,10H,6,12H2,1H3. The van der Waals surface area contributed by atoms with Crippen LogP contribution in [0.4, 0.5) is 5.69 Å². The Hall–Kier alpha value is -2.04. The number of benzene rings is 1. The van der Waals surface area contributed by atoms with E-state index < -0.39 is 12.1 Å². The van der Waals surface area contributed by atoms with Gasteiger partial charge in [-0.05, 0) is 12.1 Å². The maximum Gasteiger partial charge on any atom is 0.350 e. The van der Waals surface area contributed by atoms with E-state index in [1.807, 2.05) is 12.1 Å². The van der Waals surface area contributed by atoms with Crippen LogP contribution in [0, 0.1) is 0 Å². The molecule has 0 aromatic heterocycles. The van der Waals surface area contributed by atoms with Crippen LogP contribution >= 0.6 is 0 Å². The number of hydrogen-bond donors (Lipinski definition) is 1. The average molecular weight is 220 g/mol. The van der Waals surface area contributed by atoms with Gasteiger partial charge in [0.25, 0.3) is 0 Å². The highest BCUT2D eigenvalue weighted by Gasteiger charge is 2.29. The van der Waals surface area contributed by atoms with Crippen LogP contribution in [0.5, 0.6) is 0 Å². The molecule has 1 aromatic carbocycles. The van der Waals surface area contributed by atoms with Gasteiger partial charge in [-0.3, -0.25) is 0 Å². The summed E-state index contributed by atoms with van der Waals surface area (Å²) in [6.07, 6.45) is -0.225. The molecule has 1 atom stereocenters. The van der Waals surface area contributed by atoms with E-state index in [-0.39, 0.29) is 0 Å². The molecule has 2 N–H and O–H groups in total. The summed E-state index contributed by atoms with van der Waals surface area (Å²) in [5, 5.41) is 3.86. The third-order valence-electron chi connectivity index (χ3n) is 2.35. The molecule has 0 spiro atoms. The van der Waals surface area contributed by atoms with Gasteiger partial charge in [-0.15, -0.1) is 0 Å². The number of nitrogens with two attached hydrogens (primary N) is 1. The summed E-state index contributed by atoms with van der Waals surface area (Å²) in [5.41, 5.74) is 7.89. The van der Waals surface area contributed by atoms with E-state index in [2.05, 4.69) is 9.89 Å². The summed E-state index contributed by atoms with van der Waals surface area (Å²) < 4.78 is 4.58. The topological polar surface area (TPSA) is 73.9 Å². The Morgan fingerprint density at radius 1 is 1.62 bits per heavy atom. The van der Waals surface area contributed by atoms with E-state index in [4.69, 9.17) is 10.6 Å². The van der Waals surface area contributed by atoms with Crippen LogP contribution in [0.1, 0.15) is 12.0 Å². The molecule has 0 saturated carbocycles. The minimum absolute atomic E-state index is 0.413. The van der Waals surface area contributed by atoms with Gasteiger partial charge in [0.15, 0.2) is 0 Å². The highest BCUT2D eigenvalue weighted by atomic mass is 16.7. The lowest BCUT2D eigenvalue weighted by atomic mass is 10.0. The Morgan fingerprint density at radius 2 is 2.44 bits per heavy atom. The Morgan fingerprint density at radius 3 is 3.12 bits per heavy atom. The molecular formula is C11H12N2O3. The van der Waals surface area contributed by atoms with Crippen molar-refractivity contribution in [3.05, 3.63) is 29.8 Å². The molecule has 1 aliphatic heterocycles. The molecule has 0 radical (unpaired) electrons. The number of carbonyl (C=O) groups excluding carboxylic acids is 1. The molecule has 0 amide bonds. The van der Waals surface area contributed by atoms with Crippen LogP contribution in [-0.2, 0) is 14.4 Å². The highest BCUT2D eigenvalue weighted by Crippen LogP contribution is 2.18. The molecule has 0 bridgehead atoms. The van der Waals surface area contributed by atoms with Crippen LogP contribution < -0.4 is 5.73 Å². The first-order valence-electron chi connectivity index (χ1n) is 4.87. The van der Waals surface area contributed by atoms with E-state index in [1.54, 1.807) is 12.1 Å². The predicted molar refractivity (Wildman–Crippen MR) is 58.9 cm³/mol. The van der Waals surface area contributed by atoms with Crippen molar-refractivity contribution in [1.29, 1.82) is 0 Å². The third-order valence-corrected chi connectivity index (χ3v) is 2.35. The van der Waals surface area contributed by atoms with Crippen molar-refractivity contribution < 1.29 is 14.4 Å². The Bertz CT molecular complexity index is 443. The fourth-order valence-corrected chi connectivity index (χ4v) is 1.52. The molecule has 1 heterocycles. The molecular weight excluding hydrogens is 208 g/mol. The lowest BCUT2D eigenvalue weighted by molar-refractivity contribution is -0.152. The fraction of sp³-hybridized carbons (Fsp3) is 0.273. The van der Waals surface area contributed by atoms with E-state index in [9.17, 15) is 4.79 Å². The van der Waals surface area contributed by atoms with Gasteiger partial charge in [-0.1, -0.05) is 17.3 Å². The largest absolute Gasteiger partial charge is 0.466 e. The Kier molecular flexibility index (Phi) is 2.76. The molecule has 0 fully saturated rings. The summed E-state index contributed by atoms with van der Waals surface area (Å²) in [4.78, 5) is 16.2. The number of rotatable bonds is 2. The molecule has 2 rings (SSSR count). The predicted octanol–water partition coefficient (Wildman–Crippen LogP) is 0.935. The number of oxime groups is 1. The van der Waals surface area contributed by atoms with Crippen LogP contribution in [0.2, 0.25) is 0 Å². The Labute approximate surface area is 92.8 Å². The number of anilines is 1. The minimum atomic E-state index is -0.638. The van der Waals surface area contributed by atoms with Crippen molar-refractivity contribution in [2.24, 2.45) is 5.16 Å². The number of carbonyl (C=O) groups is 1. The number of nitrogen functional groups attached to an aromatic ring is 1. The molecule has 1 unspecified atom stereocenters. The molecule has 0 saturated heterocycles. The zero-order chi connectivity index (χ0) is 11.5. The maximum absolute atomic E-state index is 11.2. The first-order chi connectivity index (χ1) is 7.70. The van der Waals surface area contributed by atoms with Gasteiger partial charge in [0.05, 0.1) is 12.8 Å². The van der Waals surface area contributed by atoms with Gasteiger partial charge in [0, 0.05) is 17.7 Å². The van der Waals surface area contributed by atoms with Crippen molar-refractivity contribution in [2.75, 3.05) is 12.8 Å². The Balaban J connectivity index is 2.12. The van der Waals surface area contributed by atoms with Gasteiger partial charge in [0.2, 0.25) is 6.10 Å². The molecule has 1 aromatic rings. The summed E-state index contributed by atoms with van der Waals surface area (Å²) >= 11 is 0. The lowest BCUT2D eigenvalue weighted by Crippen LogP contribution is -2.22. The van der Waals surface area contributed by atoms with Gasteiger partial charge < -0.3 is 15.3 Å². The number of methoxy groups -OCH3 is 1. The van der Waals surface area contributed by atoms with Crippen LogP contribution in [0.15, 0.2) is 29.4 Å². The number of nitrogens with zero attached hydrogens (tertiary/aromatic N) is 1. The number of ether oxygens (including phenoxy) is 1. The first-order valence-corrected chi connectivity index (χ1v) is 4.87. The van der Waals surface area contributed by atoms with Gasteiger partial charge in [0.1, 0.15) is 0 Å². The van der Waals surface area contributed by atoms with Crippen molar-refractivity contribution >= 4 is 17.4 Å². The van der Waals surface area contributed by atoms with Crippen molar-refractivity contribution in [1.82, 2.24) is 0 Å². The van der Waals surface area contributed by atoms with Crippen LogP contribution in [0.25, 0.3) is 0 Å². The smallest absolute Gasteiger partial charge is 0.350 e. The molecule has 84 valence electrons. The van der Waals surface area contributed by atoms with E-state index >= 15 is 0 Å². The van der Waals surface area contributed by atoms with Crippen molar-refractivity contribution in [3.8, 4) is 0 Å². The minimum Gasteiger partial charge on any atom is -0.466 e. The third kappa shape index (κ3) is 1.98. The number of esters is 1. The van der Waals surface area contributed by atoms with Gasteiger partial charge in [-0.2, -0.15) is 0 Å². The number of hydrogen-bond acceptors (Lipinski definition) is 5. The zero-order valence-corrected chi connectivity index (χ0v) is 8.84. The molecule has 16 heavy (non-hydrogen) atoms. The first kappa shape index (κ1) is 10.5. The monoisotopic (exact) mass is 220 g/mol. The molecule has 1 aliphatic rings. The maximum atomic E-state index is 11.2. The summed E-state index contributed by atoms with van der Waals surface area (Å²) in [7, 11) is 1.32. The van der Waals surface area contributed by atoms with Gasteiger partial charge >= 0.3 is 5.97 Å². The SMILES string of the molecule is COC(=O)C1CC(c2cccc(N)c2)=NO1. The summed E-state index contributed by atoms with van der Waals surface area (Å²) in [5.74, 6) is -0.414. The quantitative estimate of drug-likeness (QED) is 0.594. The molecule has 5 heteroatoms. The van der Waals surface area contributed by atoms with Crippen LogP contribution in [0.3, 0.4) is 0 Å². The van der Waals surface area contributed by atoms with Crippen molar-refractivity contribution in [2.45, 2.75) is 12.5 Å². The zero-order valence-electron chi connectivity index (χ0n) is 8.84. The van der Waals surface area contributed by atoms with E-state index in [0.29, 0.717) is 17.8 Å². The van der Waals surface area contributed by atoms with Crippen LogP contribution in [-0.4, -0.2) is 24.9 Å². The average Bonchev–Trinajstić information content (AvgIpc) is 2.77. The summed E-state index contributed by atoms with van der Waals surface area (Å²) in [6.45, 7) is 0. The normalized spacial score (nSPS) is 18.8. The van der Waals surface area contributed by atoms with Crippen molar-refractivity contribution in [3.63, 3.8) is 0 Å². The molecule has 5 nitrogen and oxygen atoms in total. The fourth-order valence-electron chi connectivity index (χ4n) is 1.52. The second kappa shape index (κ2) is 4.22. The second-order valence-electron chi connectivity index (χ2n) is 3.48. The second-order valence-corrected chi connectivity index (χ2v) is 3.48. The molecule has 0 aliphatic carbocycles. The van der Waals surface area contributed by atoms with Gasteiger partial charge in [-0.25, -0.2) is 4.79 Å².